The molecule has 184 valence electrons. The summed E-state index contributed by atoms with van der Waals surface area (Å²) < 4.78 is 1.94. The number of carbonyl (C=O) groups excluding carboxylic acids is 2. The molecule has 2 heterocycles. The van der Waals surface area contributed by atoms with Gasteiger partial charge in [-0.2, -0.15) is 0 Å². The standard InChI is InChI=1S/C29H31N5O2/c35-28(33(23-13-5-2-6-14-23)20-22-11-3-1-4-12-22)21-34-26-17-8-7-15-24(26)32-27(34)19-31-29(36)25-16-9-10-18-30-25/h1,3-4,7-12,15-18,23H,2,5-6,13-14,19-21H2,(H,31,36). The van der Waals surface area contributed by atoms with E-state index in [0.29, 0.717) is 18.1 Å². The van der Waals surface area contributed by atoms with E-state index in [-0.39, 0.29) is 30.9 Å². The van der Waals surface area contributed by atoms with Crippen LogP contribution < -0.4 is 5.32 Å². The fourth-order valence-corrected chi connectivity index (χ4v) is 5.00. The van der Waals surface area contributed by atoms with Crippen LogP contribution in [0.4, 0.5) is 0 Å². The summed E-state index contributed by atoms with van der Waals surface area (Å²) in [6.07, 6.45) is 7.21. The second-order valence-electron chi connectivity index (χ2n) is 9.30. The number of imidazole rings is 1. The fraction of sp³-hybridized carbons (Fsp3) is 0.310. The zero-order chi connectivity index (χ0) is 24.7. The lowest BCUT2D eigenvalue weighted by molar-refractivity contribution is -0.135. The minimum atomic E-state index is -0.270. The van der Waals surface area contributed by atoms with Crippen molar-refractivity contribution in [2.24, 2.45) is 0 Å². The number of aromatic nitrogens is 3. The molecule has 1 fully saturated rings. The minimum absolute atomic E-state index is 0.0752. The van der Waals surface area contributed by atoms with Crippen molar-refractivity contribution in [1.82, 2.24) is 24.8 Å². The minimum Gasteiger partial charge on any atom is -0.343 e. The topological polar surface area (TPSA) is 80.1 Å². The lowest BCUT2D eigenvalue weighted by Crippen LogP contribution is -2.42. The quantitative estimate of drug-likeness (QED) is 0.395. The van der Waals surface area contributed by atoms with E-state index in [1.54, 1.807) is 24.4 Å². The molecule has 0 spiro atoms. The highest BCUT2D eigenvalue weighted by molar-refractivity contribution is 5.92. The molecule has 1 saturated carbocycles. The van der Waals surface area contributed by atoms with Crippen LogP contribution in [0, 0.1) is 0 Å². The number of amides is 2. The average molecular weight is 482 g/mol. The molecule has 1 aliphatic carbocycles. The Morgan fingerprint density at radius 2 is 1.67 bits per heavy atom. The van der Waals surface area contributed by atoms with Gasteiger partial charge in [-0.05, 0) is 42.7 Å². The van der Waals surface area contributed by atoms with Crippen LogP contribution in [0.3, 0.4) is 0 Å². The Labute approximate surface area is 211 Å². The number of benzene rings is 2. The number of nitrogens with one attached hydrogen (secondary N) is 1. The third-order valence-electron chi connectivity index (χ3n) is 6.86. The molecule has 0 unspecified atom stereocenters. The smallest absolute Gasteiger partial charge is 0.270 e. The number of carbonyl (C=O) groups is 2. The number of nitrogens with zero attached hydrogens (tertiary/aromatic N) is 4. The van der Waals surface area contributed by atoms with Gasteiger partial charge in [0.05, 0.1) is 17.6 Å². The van der Waals surface area contributed by atoms with E-state index >= 15 is 0 Å². The van der Waals surface area contributed by atoms with Gasteiger partial charge < -0.3 is 14.8 Å². The molecule has 36 heavy (non-hydrogen) atoms. The van der Waals surface area contributed by atoms with Crippen LogP contribution in [0.15, 0.2) is 79.0 Å². The predicted molar refractivity (Wildman–Crippen MR) is 139 cm³/mol. The maximum Gasteiger partial charge on any atom is 0.270 e. The summed E-state index contributed by atoms with van der Waals surface area (Å²) in [5, 5.41) is 2.91. The van der Waals surface area contributed by atoms with Gasteiger partial charge in [-0.15, -0.1) is 0 Å². The van der Waals surface area contributed by atoms with Gasteiger partial charge in [0.1, 0.15) is 18.1 Å². The number of pyridine rings is 1. The molecule has 0 bridgehead atoms. The van der Waals surface area contributed by atoms with Crippen molar-refractivity contribution < 1.29 is 9.59 Å². The summed E-state index contributed by atoms with van der Waals surface area (Å²) >= 11 is 0. The molecule has 0 aliphatic heterocycles. The molecule has 2 aromatic heterocycles. The Morgan fingerprint density at radius 1 is 0.917 bits per heavy atom. The number of fused-ring (bicyclic) bond motifs is 1. The summed E-state index contributed by atoms with van der Waals surface area (Å²) in [4.78, 5) is 37.4. The molecule has 0 atom stereocenters. The number of para-hydroxylation sites is 2. The first-order valence-electron chi connectivity index (χ1n) is 12.7. The van der Waals surface area contributed by atoms with Crippen LogP contribution in [0.25, 0.3) is 11.0 Å². The third-order valence-corrected chi connectivity index (χ3v) is 6.86. The molecule has 2 amide bonds. The molecule has 5 rings (SSSR count). The molecule has 7 nitrogen and oxygen atoms in total. The molecule has 2 aromatic carbocycles. The summed E-state index contributed by atoms with van der Waals surface area (Å²) in [5.74, 6) is 0.455. The monoisotopic (exact) mass is 481 g/mol. The van der Waals surface area contributed by atoms with Crippen molar-refractivity contribution in [3.05, 3.63) is 96.1 Å². The van der Waals surface area contributed by atoms with E-state index in [2.05, 4.69) is 27.3 Å². The zero-order valence-corrected chi connectivity index (χ0v) is 20.3. The van der Waals surface area contributed by atoms with Gasteiger partial charge in [-0.25, -0.2) is 4.98 Å². The maximum atomic E-state index is 13.8. The number of hydrogen-bond acceptors (Lipinski definition) is 4. The molecule has 1 aliphatic rings. The maximum absolute atomic E-state index is 13.8. The van der Waals surface area contributed by atoms with Gasteiger partial charge in [0, 0.05) is 18.8 Å². The molecule has 0 radical (unpaired) electrons. The van der Waals surface area contributed by atoms with Crippen molar-refractivity contribution in [1.29, 1.82) is 0 Å². The van der Waals surface area contributed by atoms with Crippen LogP contribution in [0.5, 0.6) is 0 Å². The van der Waals surface area contributed by atoms with Crippen LogP contribution in [-0.4, -0.2) is 37.3 Å². The molecular weight excluding hydrogens is 450 g/mol. The highest BCUT2D eigenvalue weighted by Crippen LogP contribution is 2.25. The van der Waals surface area contributed by atoms with Crippen molar-refractivity contribution in [2.75, 3.05) is 0 Å². The van der Waals surface area contributed by atoms with Gasteiger partial charge in [0.2, 0.25) is 5.91 Å². The Morgan fingerprint density at radius 3 is 2.44 bits per heavy atom. The van der Waals surface area contributed by atoms with Gasteiger partial charge in [0.15, 0.2) is 0 Å². The largest absolute Gasteiger partial charge is 0.343 e. The van der Waals surface area contributed by atoms with Crippen LogP contribution in [0.1, 0.15) is 54.0 Å². The number of rotatable bonds is 8. The second kappa shape index (κ2) is 11.2. The van der Waals surface area contributed by atoms with Gasteiger partial charge in [0.25, 0.3) is 5.91 Å². The molecular formula is C29H31N5O2. The van der Waals surface area contributed by atoms with Crippen molar-refractivity contribution >= 4 is 22.8 Å². The van der Waals surface area contributed by atoms with Crippen molar-refractivity contribution in [3.63, 3.8) is 0 Å². The van der Waals surface area contributed by atoms with Crippen LogP contribution in [0.2, 0.25) is 0 Å². The Bertz CT molecular complexity index is 1310. The molecule has 4 aromatic rings. The van der Waals surface area contributed by atoms with Crippen LogP contribution >= 0.6 is 0 Å². The first-order chi connectivity index (χ1) is 17.7. The summed E-state index contributed by atoms with van der Waals surface area (Å²) in [5.41, 5.74) is 3.17. The fourth-order valence-electron chi connectivity index (χ4n) is 5.00. The lowest BCUT2D eigenvalue weighted by atomic mass is 9.93. The van der Waals surface area contributed by atoms with E-state index in [9.17, 15) is 9.59 Å². The van der Waals surface area contributed by atoms with Crippen molar-refractivity contribution in [2.45, 2.75) is 57.8 Å². The zero-order valence-electron chi connectivity index (χ0n) is 20.3. The highest BCUT2D eigenvalue weighted by atomic mass is 16.2. The highest BCUT2D eigenvalue weighted by Gasteiger charge is 2.27. The lowest BCUT2D eigenvalue weighted by Gasteiger charge is -2.35. The van der Waals surface area contributed by atoms with Crippen LogP contribution in [-0.2, 0) is 24.4 Å². The van der Waals surface area contributed by atoms with Gasteiger partial charge in [-0.3, -0.25) is 14.6 Å². The van der Waals surface area contributed by atoms with E-state index in [4.69, 9.17) is 4.98 Å². The molecule has 0 saturated heterocycles. The Kier molecular flexibility index (Phi) is 7.36. The summed E-state index contributed by atoms with van der Waals surface area (Å²) in [7, 11) is 0. The summed E-state index contributed by atoms with van der Waals surface area (Å²) in [6, 6.07) is 23.5. The van der Waals surface area contributed by atoms with Gasteiger partial charge >= 0.3 is 0 Å². The molecule has 1 N–H and O–H groups in total. The van der Waals surface area contributed by atoms with E-state index in [1.165, 1.54) is 6.42 Å². The number of hydrogen-bond donors (Lipinski definition) is 1. The SMILES string of the molecule is O=C(NCc1nc2ccccc2n1CC(=O)N(Cc1ccccc1)C1CCCCC1)c1ccccn1. The normalized spacial score (nSPS) is 14.0. The second-order valence-corrected chi connectivity index (χ2v) is 9.30. The first-order valence-corrected chi connectivity index (χ1v) is 12.7. The van der Waals surface area contributed by atoms with Crippen molar-refractivity contribution in [3.8, 4) is 0 Å². The van der Waals surface area contributed by atoms with Gasteiger partial charge in [-0.1, -0.05) is 67.8 Å². The van der Waals surface area contributed by atoms with E-state index in [1.807, 2.05) is 47.0 Å². The predicted octanol–water partition coefficient (Wildman–Crippen LogP) is 4.72. The first kappa shape index (κ1) is 23.7. The average Bonchev–Trinajstić information content (AvgIpc) is 3.29. The Hall–Kier alpha value is -4.00. The Balaban J connectivity index is 1.39. The molecule has 7 heteroatoms. The van der Waals surface area contributed by atoms with E-state index in [0.717, 1.165) is 42.3 Å². The summed E-state index contributed by atoms with van der Waals surface area (Å²) in [6.45, 7) is 0.987. The van der Waals surface area contributed by atoms with E-state index < -0.39 is 0 Å². The third kappa shape index (κ3) is 5.46.